The van der Waals surface area contributed by atoms with Crippen LogP contribution < -0.4 is 20.5 Å². The van der Waals surface area contributed by atoms with Gasteiger partial charge in [-0.15, -0.1) is 0 Å². The maximum atomic E-state index is 12.4. The van der Waals surface area contributed by atoms with Gasteiger partial charge in [0.05, 0.1) is 24.7 Å². The summed E-state index contributed by atoms with van der Waals surface area (Å²) in [5, 5.41) is 14.0. The van der Waals surface area contributed by atoms with Crippen molar-refractivity contribution in [2.45, 2.75) is 39.2 Å². The minimum Gasteiger partial charge on any atom is -0.493 e. The number of ether oxygens (including phenoxy) is 2. The molecule has 0 unspecified atom stereocenters. The summed E-state index contributed by atoms with van der Waals surface area (Å²) in [7, 11) is 1.41. The lowest BCUT2D eigenvalue weighted by atomic mass is 9.94. The van der Waals surface area contributed by atoms with Crippen molar-refractivity contribution in [3.63, 3.8) is 0 Å². The normalized spacial score (nSPS) is 11.0. The molecule has 0 radical (unpaired) electrons. The third kappa shape index (κ3) is 4.58. The van der Waals surface area contributed by atoms with Gasteiger partial charge in [-0.05, 0) is 19.8 Å². The average molecular weight is 339 g/mol. The number of rotatable bonds is 9. The number of benzene rings is 1. The number of nitro benzene ring substituents is 1. The van der Waals surface area contributed by atoms with Gasteiger partial charge in [-0.2, -0.15) is 0 Å². The standard InChI is InChI=1S/C16H25N3O5/c1-5-16(17,6-2)10-18-15(20)11-8-13(23-4)14(24-7-3)9-12(11)19(21)22/h8-9H,5-7,10,17H2,1-4H3,(H,18,20). The first kappa shape index (κ1) is 19.7. The third-order valence-corrected chi connectivity index (χ3v) is 4.03. The van der Waals surface area contributed by atoms with Crippen LogP contribution in [-0.4, -0.2) is 36.6 Å². The molecule has 1 amide bonds. The molecule has 1 aromatic carbocycles. The van der Waals surface area contributed by atoms with Crippen molar-refractivity contribution in [3.8, 4) is 11.5 Å². The van der Waals surface area contributed by atoms with Gasteiger partial charge in [-0.1, -0.05) is 13.8 Å². The summed E-state index contributed by atoms with van der Waals surface area (Å²) in [6.45, 7) is 6.16. The van der Waals surface area contributed by atoms with Gasteiger partial charge in [0.25, 0.3) is 11.6 Å². The van der Waals surface area contributed by atoms with E-state index in [0.29, 0.717) is 19.4 Å². The Morgan fingerprint density at radius 2 is 1.92 bits per heavy atom. The van der Waals surface area contributed by atoms with Gasteiger partial charge >= 0.3 is 0 Å². The van der Waals surface area contributed by atoms with Crippen molar-refractivity contribution < 1.29 is 19.2 Å². The molecule has 0 aliphatic rings. The highest BCUT2D eigenvalue weighted by Gasteiger charge is 2.27. The van der Waals surface area contributed by atoms with Gasteiger partial charge in [-0.25, -0.2) is 0 Å². The lowest BCUT2D eigenvalue weighted by Crippen LogP contribution is -2.49. The van der Waals surface area contributed by atoms with E-state index >= 15 is 0 Å². The highest BCUT2D eigenvalue weighted by molar-refractivity contribution is 5.99. The van der Waals surface area contributed by atoms with E-state index in [2.05, 4.69) is 5.32 Å². The van der Waals surface area contributed by atoms with Crippen LogP contribution in [0.3, 0.4) is 0 Å². The number of nitrogens with two attached hydrogens (primary N) is 1. The predicted octanol–water partition coefficient (Wildman–Crippen LogP) is 2.25. The molecule has 8 nitrogen and oxygen atoms in total. The summed E-state index contributed by atoms with van der Waals surface area (Å²) in [6, 6.07) is 2.52. The molecule has 0 fully saturated rings. The van der Waals surface area contributed by atoms with E-state index in [-0.39, 0.29) is 29.3 Å². The lowest BCUT2D eigenvalue weighted by molar-refractivity contribution is -0.385. The average Bonchev–Trinajstić information content (AvgIpc) is 2.59. The molecule has 0 aliphatic heterocycles. The van der Waals surface area contributed by atoms with E-state index in [1.807, 2.05) is 13.8 Å². The highest BCUT2D eigenvalue weighted by atomic mass is 16.6. The number of hydrogen-bond acceptors (Lipinski definition) is 6. The van der Waals surface area contributed by atoms with Crippen LogP contribution in [0.15, 0.2) is 12.1 Å². The quantitative estimate of drug-likeness (QED) is 0.526. The number of hydrogen-bond donors (Lipinski definition) is 2. The molecule has 0 aliphatic carbocycles. The summed E-state index contributed by atoms with van der Waals surface area (Å²) in [4.78, 5) is 23.1. The molecule has 0 bridgehead atoms. The van der Waals surface area contributed by atoms with Crippen molar-refractivity contribution in [2.75, 3.05) is 20.3 Å². The van der Waals surface area contributed by atoms with Crippen LogP contribution in [0, 0.1) is 10.1 Å². The summed E-state index contributed by atoms with van der Waals surface area (Å²) < 4.78 is 10.5. The number of carbonyl (C=O) groups is 1. The van der Waals surface area contributed by atoms with E-state index in [1.165, 1.54) is 19.2 Å². The van der Waals surface area contributed by atoms with Crippen LogP contribution in [0.25, 0.3) is 0 Å². The first-order valence-electron chi connectivity index (χ1n) is 7.88. The fourth-order valence-corrected chi connectivity index (χ4v) is 2.16. The summed E-state index contributed by atoms with van der Waals surface area (Å²) in [5.41, 5.74) is 5.18. The molecule has 8 heteroatoms. The molecule has 0 heterocycles. The van der Waals surface area contributed by atoms with Gasteiger partial charge in [0.15, 0.2) is 11.5 Å². The molecule has 0 spiro atoms. The zero-order chi connectivity index (χ0) is 18.3. The van der Waals surface area contributed by atoms with E-state index in [9.17, 15) is 14.9 Å². The lowest BCUT2D eigenvalue weighted by Gasteiger charge is -2.26. The second-order valence-electron chi connectivity index (χ2n) is 5.46. The van der Waals surface area contributed by atoms with Crippen molar-refractivity contribution in [3.05, 3.63) is 27.8 Å². The number of amides is 1. The first-order chi connectivity index (χ1) is 11.3. The van der Waals surface area contributed by atoms with Crippen molar-refractivity contribution in [2.24, 2.45) is 5.73 Å². The Labute approximate surface area is 141 Å². The molecule has 0 aromatic heterocycles. The molecule has 0 saturated heterocycles. The summed E-state index contributed by atoms with van der Waals surface area (Å²) in [6.07, 6.45) is 1.36. The molecule has 3 N–H and O–H groups in total. The van der Waals surface area contributed by atoms with Crippen molar-refractivity contribution in [1.29, 1.82) is 0 Å². The van der Waals surface area contributed by atoms with Crippen LogP contribution >= 0.6 is 0 Å². The largest absolute Gasteiger partial charge is 0.493 e. The minimum absolute atomic E-state index is 0.0881. The molecule has 1 aromatic rings. The van der Waals surface area contributed by atoms with Crippen molar-refractivity contribution >= 4 is 11.6 Å². The van der Waals surface area contributed by atoms with E-state index in [0.717, 1.165) is 0 Å². The number of nitro groups is 1. The second-order valence-corrected chi connectivity index (χ2v) is 5.46. The zero-order valence-corrected chi connectivity index (χ0v) is 14.5. The van der Waals surface area contributed by atoms with Gasteiger partial charge < -0.3 is 20.5 Å². The number of carbonyl (C=O) groups excluding carboxylic acids is 1. The molecular formula is C16H25N3O5. The maximum Gasteiger partial charge on any atom is 0.286 e. The van der Waals surface area contributed by atoms with E-state index in [4.69, 9.17) is 15.2 Å². The first-order valence-corrected chi connectivity index (χ1v) is 7.88. The van der Waals surface area contributed by atoms with Gasteiger partial charge in [0.1, 0.15) is 5.56 Å². The SMILES string of the molecule is CCOc1cc([N+](=O)[O-])c(C(=O)NCC(N)(CC)CC)cc1OC. The van der Waals surface area contributed by atoms with Gasteiger partial charge in [-0.3, -0.25) is 14.9 Å². The van der Waals surface area contributed by atoms with Crippen molar-refractivity contribution in [1.82, 2.24) is 5.32 Å². The fraction of sp³-hybridized carbons (Fsp3) is 0.562. The van der Waals surface area contributed by atoms with Crippen LogP contribution in [-0.2, 0) is 0 Å². The maximum absolute atomic E-state index is 12.4. The monoisotopic (exact) mass is 339 g/mol. The Morgan fingerprint density at radius 3 is 2.38 bits per heavy atom. The summed E-state index contributed by atoms with van der Waals surface area (Å²) in [5.74, 6) is -0.0871. The zero-order valence-electron chi connectivity index (χ0n) is 14.5. The van der Waals surface area contributed by atoms with Crippen LogP contribution in [0.2, 0.25) is 0 Å². The summed E-state index contributed by atoms with van der Waals surface area (Å²) >= 11 is 0. The number of methoxy groups -OCH3 is 1. The molecule has 1 rings (SSSR count). The molecule has 24 heavy (non-hydrogen) atoms. The smallest absolute Gasteiger partial charge is 0.286 e. The molecule has 134 valence electrons. The number of nitrogens with zero attached hydrogens (tertiary/aromatic N) is 1. The Hall–Kier alpha value is -2.35. The Bertz CT molecular complexity index is 600. The van der Waals surface area contributed by atoms with Crippen LogP contribution in [0.1, 0.15) is 44.0 Å². The Kier molecular flexibility index (Phi) is 6.97. The van der Waals surface area contributed by atoms with Gasteiger partial charge in [0, 0.05) is 18.2 Å². The topological polar surface area (TPSA) is 117 Å². The molecular weight excluding hydrogens is 314 g/mol. The predicted molar refractivity (Wildman–Crippen MR) is 90.7 cm³/mol. The number of nitrogens with one attached hydrogen (secondary N) is 1. The Balaban J connectivity index is 3.16. The highest BCUT2D eigenvalue weighted by Crippen LogP contribution is 2.34. The minimum atomic E-state index is -0.619. The third-order valence-electron chi connectivity index (χ3n) is 4.03. The van der Waals surface area contributed by atoms with E-state index in [1.54, 1.807) is 6.92 Å². The second kappa shape index (κ2) is 8.49. The fourth-order valence-electron chi connectivity index (χ4n) is 2.16. The molecule has 0 saturated carbocycles. The Morgan fingerprint density at radius 1 is 1.29 bits per heavy atom. The van der Waals surface area contributed by atoms with Gasteiger partial charge in [0.2, 0.25) is 0 Å². The molecule has 0 atom stereocenters. The van der Waals surface area contributed by atoms with Crippen LogP contribution in [0.4, 0.5) is 5.69 Å². The van der Waals surface area contributed by atoms with Crippen LogP contribution in [0.5, 0.6) is 11.5 Å². The van der Waals surface area contributed by atoms with E-state index < -0.39 is 16.4 Å².